The number of aromatic nitrogens is 1. The van der Waals surface area contributed by atoms with Gasteiger partial charge in [-0.05, 0) is 24.3 Å². The lowest BCUT2D eigenvalue weighted by molar-refractivity contribution is -0.122. The normalized spacial score (nSPS) is 19.0. The van der Waals surface area contributed by atoms with E-state index < -0.39 is 5.92 Å². The van der Waals surface area contributed by atoms with Crippen molar-refractivity contribution < 1.29 is 19.1 Å². The molecule has 1 aromatic carbocycles. The summed E-state index contributed by atoms with van der Waals surface area (Å²) in [5.74, 6) is 0.662. The van der Waals surface area contributed by atoms with Crippen molar-refractivity contribution in [1.82, 2.24) is 4.98 Å². The smallest absolute Gasteiger partial charge is 0.229 e. The standard InChI is InChI=1S/C18H17N3O4/c22-17-9-12(18(23)20-13-3-5-19-6-4-13)11-21(17)14-1-2-15-16(10-14)25-8-7-24-15/h1-6,10,12H,7-9,11H2,(H,19,20,23). The molecule has 0 bridgehead atoms. The van der Waals surface area contributed by atoms with Gasteiger partial charge in [-0.1, -0.05) is 0 Å². The summed E-state index contributed by atoms with van der Waals surface area (Å²) in [5, 5.41) is 2.82. The minimum absolute atomic E-state index is 0.0773. The van der Waals surface area contributed by atoms with Crippen molar-refractivity contribution >= 4 is 23.2 Å². The molecule has 4 rings (SSSR count). The number of nitrogens with one attached hydrogen (secondary N) is 1. The Balaban J connectivity index is 1.48. The molecule has 2 aromatic rings. The average Bonchev–Trinajstić information content (AvgIpc) is 3.04. The third kappa shape index (κ3) is 3.13. The van der Waals surface area contributed by atoms with Crippen LogP contribution in [-0.4, -0.2) is 36.6 Å². The highest BCUT2D eigenvalue weighted by molar-refractivity contribution is 6.03. The fourth-order valence-corrected chi connectivity index (χ4v) is 3.01. The van der Waals surface area contributed by atoms with Crippen molar-refractivity contribution in [2.75, 3.05) is 30.0 Å². The van der Waals surface area contributed by atoms with Crippen LogP contribution in [0.15, 0.2) is 42.7 Å². The number of rotatable bonds is 3. The van der Waals surface area contributed by atoms with Crippen LogP contribution in [0.5, 0.6) is 11.5 Å². The molecule has 25 heavy (non-hydrogen) atoms. The quantitative estimate of drug-likeness (QED) is 0.923. The number of hydrogen-bond acceptors (Lipinski definition) is 5. The summed E-state index contributed by atoms with van der Waals surface area (Å²) in [5.41, 5.74) is 1.39. The first-order valence-electron chi connectivity index (χ1n) is 8.11. The van der Waals surface area contributed by atoms with Crippen molar-refractivity contribution in [2.24, 2.45) is 5.92 Å². The topological polar surface area (TPSA) is 80.8 Å². The lowest BCUT2D eigenvalue weighted by Crippen LogP contribution is -2.28. The van der Waals surface area contributed by atoms with Gasteiger partial charge in [0, 0.05) is 42.8 Å². The fourth-order valence-electron chi connectivity index (χ4n) is 3.01. The van der Waals surface area contributed by atoms with E-state index in [9.17, 15) is 9.59 Å². The molecular formula is C18H17N3O4. The van der Waals surface area contributed by atoms with Crippen LogP contribution in [-0.2, 0) is 9.59 Å². The van der Waals surface area contributed by atoms with Crippen molar-refractivity contribution in [3.63, 3.8) is 0 Å². The number of carbonyl (C=O) groups excluding carboxylic acids is 2. The van der Waals surface area contributed by atoms with E-state index in [1.807, 2.05) is 6.07 Å². The number of anilines is 2. The summed E-state index contributed by atoms with van der Waals surface area (Å²) in [6.45, 7) is 1.35. The largest absolute Gasteiger partial charge is 0.486 e. The predicted octanol–water partition coefficient (Wildman–Crippen LogP) is 1.84. The molecule has 1 aromatic heterocycles. The first kappa shape index (κ1) is 15.4. The van der Waals surface area contributed by atoms with Gasteiger partial charge in [0.05, 0.1) is 5.92 Å². The minimum Gasteiger partial charge on any atom is -0.486 e. The molecule has 1 atom stereocenters. The summed E-state index contributed by atoms with van der Waals surface area (Å²) in [7, 11) is 0. The van der Waals surface area contributed by atoms with E-state index in [0.717, 1.165) is 0 Å². The number of carbonyl (C=O) groups is 2. The van der Waals surface area contributed by atoms with Gasteiger partial charge in [0.2, 0.25) is 11.8 Å². The molecule has 1 unspecified atom stereocenters. The second-order valence-corrected chi connectivity index (χ2v) is 5.96. The van der Waals surface area contributed by atoms with Gasteiger partial charge in [-0.2, -0.15) is 0 Å². The van der Waals surface area contributed by atoms with Crippen LogP contribution in [0.3, 0.4) is 0 Å². The Bertz CT molecular complexity index is 809. The Morgan fingerprint density at radius 1 is 1.12 bits per heavy atom. The van der Waals surface area contributed by atoms with Gasteiger partial charge in [-0.25, -0.2) is 0 Å². The number of fused-ring (bicyclic) bond motifs is 1. The van der Waals surface area contributed by atoms with Crippen molar-refractivity contribution in [1.29, 1.82) is 0 Å². The van der Waals surface area contributed by atoms with E-state index in [1.165, 1.54) is 0 Å². The number of amides is 2. The van der Waals surface area contributed by atoms with E-state index in [4.69, 9.17) is 9.47 Å². The van der Waals surface area contributed by atoms with Gasteiger partial charge in [0.25, 0.3) is 0 Å². The Morgan fingerprint density at radius 2 is 1.88 bits per heavy atom. The second-order valence-electron chi connectivity index (χ2n) is 5.96. The van der Waals surface area contributed by atoms with Crippen LogP contribution in [0.1, 0.15) is 6.42 Å². The molecule has 7 heteroatoms. The predicted molar refractivity (Wildman–Crippen MR) is 90.8 cm³/mol. The van der Waals surface area contributed by atoms with Gasteiger partial charge in [-0.15, -0.1) is 0 Å². The first-order chi connectivity index (χ1) is 12.2. The molecule has 1 saturated heterocycles. The third-order valence-electron chi connectivity index (χ3n) is 4.28. The van der Waals surface area contributed by atoms with E-state index >= 15 is 0 Å². The lowest BCUT2D eigenvalue weighted by Gasteiger charge is -2.22. The maximum atomic E-state index is 12.4. The van der Waals surface area contributed by atoms with Gasteiger partial charge >= 0.3 is 0 Å². The monoisotopic (exact) mass is 339 g/mol. The molecule has 2 aliphatic heterocycles. The van der Waals surface area contributed by atoms with Crippen LogP contribution in [0, 0.1) is 5.92 Å². The van der Waals surface area contributed by atoms with E-state index in [1.54, 1.807) is 41.6 Å². The summed E-state index contributed by atoms with van der Waals surface area (Å²) in [6.07, 6.45) is 3.40. The SMILES string of the molecule is O=C(Nc1ccncc1)C1CC(=O)N(c2ccc3c(c2)OCCO3)C1. The summed E-state index contributed by atoms with van der Waals surface area (Å²) < 4.78 is 11.1. The van der Waals surface area contributed by atoms with Gasteiger partial charge in [0.1, 0.15) is 13.2 Å². The molecular weight excluding hydrogens is 322 g/mol. The number of pyridine rings is 1. The molecule has 1 N–H and O–H groups in total. The highest BCUT2D eigenvalue weighted by atomic mass is 16.6. The highest BCUT2D eigenvalue weighted by Crippen LogP contribution is 2.36. The summed E-state index contributed by atoms with van der Waals surface area (Å²) >= 11 is 0. The molecule has 2 amide bonds. The van der Waals surface area contributed by atoms with E-state index in [0.29, 0.717) is 42.6 Å². The van der Waals surface area contributed by atoms with E-state index in [-0.39, 0.29) is 18.2 Å². The zero-order chi connectivity index (χ0) is 17.2. The van der Waals surface area contributed by atoms with Crippen LogP contribution in [0.4, 0.5) is 11.4 Å². The van der Waals surface area contributed by atoms with Gasteiger partial charge < -0.3 is 19.7 Å². The number of ether oxygens (including phenoxy) is 2. The van der Waals surface area contributed by atoms with E-state index in [2.05, 4.69) is 10.3 Å². The highest BCUT2D eigenvalue weighted by Gasteiger charge is 2.35. The zero-order valence-corrected chi connectivity index (χ0v) is 13.5. The average molecular weight is 339 g/mol. The number of hydrogen-bond donors (Lipinski definition) is 1. The molecule has 0 radical (unpaired) electrons. The van der Waals surface area contributed by atoms with Crippen LogP contribution in [0.2, 0.25) is 0 Å². The van der Waals surface area contributed by atoms with Crippen molar-refractivity contribution in [3.8, 4) is 11.5 Å². The first-order valence-corrected chi connectivity index (χ1v) is 8.11. The minimum atomic E-state index is -0.395. The molecule has 3 heterocycles. The Morgan fingerprint density at radius 3 is 2.68 bits per heavy atom. The maximum Gasteiger partial charge on any atom is 0.229 e. The number of nitrogens with zero attached hydrogens (tertiary/aromatic N) is 2. The second kappa shape index (κ2) is 6.43. The molecule has 7 nitrogen and oxygen atoms in total. The van der Waals surface area contributed by atoms with Crippen LogP contribution in [0.25, 0.3) is 0 Å². The Kier molecular flexibility index (Phi) is 3.97. The van der Waals surface area contributed by atoms with Gasteiger partial charge in [-0.3, -0.25) is 14.6 Å². The summed E-state index contributed by atoms with van der Waals surface area (Å²) in [4.78, 5) is 30.3. The van der Waals surface area contributed by atoms with Crippen LogP contribution >= 0.6 is 0 Å². The number of benzene rings is 1. The molecule has 2 aliphatic rings. The molecule has 0 spiro atoms. The Labute approximate surface area is 144 Å². The van der Waals surface area contributed by atoms with Crippen LogP contribution < -0.4 is 19.7 Å². The third-order valence-corrected chi connectivity index (χ3v) is 4.28. The van der Waals surface area contributed by atoms with Crippen molar-refractivity contribution in [3.05, 3.63) is 42.7 Å². The zero-order valence-electron chi connectivity index (χ0n) is 13.5. The Hall–Kier alpha value is -3.09. The molecule has 0 aliphatic carbocycles. The molecule has 1 fully saturated rings. The lowest BCUT2D eigenvalue weighted by atomic mass is 10.1. The maximum absolute atomic E-state index is 12.4. The molecule has 128 valence electrons. The van der Waals surface area contributed by atoms with Gasteiger partial charge in [0.15, 0.2) is 11.5 Å². The summed E-state index contributed by atoms with van der Waals surface area (Å²) in [6, 6.07) is 8.83. The van der Waals surface area contributed by atoms with Crippen molar-refractivity contribution in [2.45, 2.75) is 6.42 Å². The fraction of sp³-hybridized carbons (Fsp3) is 0.278. The molecule has 0 saturated carbocycles.